The van der Waals surface area contributed by atoms with Crippen LogP contribution in [-0.2, 0) is 11.2 Å². The van der Waals surface area contributed by atoms with E-state index in [0.29, 0.717) is 11.4 Å². The summed E-state index contributed by atoms with van der Waals surface area (Å²) in [6.45, 7) is 1.97. The maximum Gasteiger partial charge on any atom is 0.124 e. The summed E-state index contributed by atoms with van der Waals surface area (Å²) in [6.07, 6.45) is 1.34. The normalized spacial score (nSPS) is 9.64. The zero-order chi connectivity index (χ0) is 8.27. The molecule has 0 spiro atoms. The molecule has 0 fully saturated rings. The molecule has 0 aliphatic rings. The molecule has 11 heavy (non-hydrogen) atoms. The van der Waals surface area contributed by atoms with E-state index in [4.69, 9.17) is 11.6 Å². The van der Waals surface area contributed by atoms with Crippen molar-refractivity contribution in [2.45, 2.75) is 13.3 Å². The maximum absolute atomic E-state index is 10.2. The highest BCUT2D eigenvalue weighted by atomic mass is 35.5. The highest BCUT2D eigenvalue weighted by Crippen LogP contribution is 2.14. The molecule has 0 aromatic heterocycles. The summed E-state index contributed by atoms with van der Waals surface area (Å²) >= 11 is 5.74. The van der Waals surface area contributed by atoms with Crippen molar-refractivity contribution in [2.75, 3.05) is 0 Å². The second kappa shape index (κ2) is 3.54. The third-order valence-corrected chi connectivity index (χ3v) is 1.85. The fourth-order valence-electron chi connectivity index (χ4n) is 0.950. The molecule has 1 aromatic rings. The smallest absolute Gasteiger partial charge is 0.124 e. The van der Waals surface area contributed by atoms with E-state index in [0.717, 1.165) is 17.4 Å². The van der Waals surface area contributed by atoms with E-state index >= 15 is 0 Å². The molecule has 0 saturated heterocycles. The van der Waals surface area contributed by atoms with Crippen LogP contribution in [-0.4, -0.2) is 6.29 Å². The van der Waals surface area contributed by atoms with Gasteiger partial charge in [0.1, 0.15) is 6.29 Å². The Hall–Kier alpha value is -0.820. The molecule has 0 N–H and O–H groups in total. The number of rotatable bonds is 2. The molecule has 0 unspecified atom stereocenters. The van der Waals surface area contributed by atoms with Gasteiger partial charge in [0.2, 0.25) is 0 Å². The third kappa shape index (κ3) is 2.05. The molecule has 0 heterocycles. The molecule has 0 aliphatic heterocycles. The predicted molar refractivity (Wildman–Crippen MR) is 46.0 cm³/mol. The van der Waals surface area contributed by atoms with Crippen molar-refractivity contribution in [3.63, 3.8) is 0 Å². The van der Waals surface area contributed by atoms with Crippen molar-refractivity contribution in [1.29, 1.82) is 0 Å². The van der Waals surface area contributed by atoms with Crippen LogP contribution in [0.2, 0.25) is 5.02 Å². The highest BCUT2D eigenvalue weighted by molar-refractivity contribution is 6.30. The predicted octanol–water partition coefficient (Wildman–Crippen LogP) is 2.39. The summed E-state index contributed by atoms with van der Waals surface area (Å²) in [5.41, 5.74) is 2.12. The number of carbonyl (C=O) groups excluding carboxylic acids is 1. The summed E-state index contributed by atoms with van der Waals surface area (Å²) in [4.78, 5) is 10.2. The van der Waals surface area contributed by atoms with E-state index in [1.54, 1.807) is 0 Å². The second-order valence-corrected chi connectivity index (χ2v) is 2.88. The Bertz CT molecular complexity index is 268. The lowest BCUT2D eigenvalue weighted by atomic mass is 10.1. The standard InChI is InChI=1S/C9H9ClO/c1-7-2-3-9(10)6-8(7)4-5-11/h2-3,5-6H,4H2,1H3. The number of benzene rings is 1. The molecule has 0 radical (unpaired) electrons. The lowest BCUT2D eigenvalue weighted by Gasteiger charge is -2.00. The molecule has 1 aromatic carbocycles. The second-order valence-electron chi connectivity index (χ2n) is 2.44. The molecule has 0 saturated carbocycles. The fourth-order valence-corrected chi connectivity index (χ4v) is 1.14. The molecule has 1 rings (SSSR count). The summed E-state index contributed by atoms with van der Waals surface area (Å²) in [6, 6.07) is 5.57. The average molecular weight is 169 g/mol. The number of hydrogen-bond acceptors (Lipinski definition) is 1. The minimum absolute atomic E-state index is 0.451. The van der Waals surface area contributed by atoms with Crippen LogP contribution in [0.25, 0.3) is 0 Å². The number of hydrogen-bond donors (Lipinski definition) is 0. The summed E-state index contributed by atoms with van der Waals surface area (Å²) in [5, 5.41) is 0.687. The van der Waals surface area contributed by atoms with Gasteiger partial charge < -0.3 is 4.79 Å². The van der Waals surface area contributed by atoms with E-state index in [9.17, 15) is 4.79 Å². The van der Waals surface area contributed by atoms with Crippen LogP contribution in [0.4, 0.5) is 0 Å². The van der Waals surface area contributed by atoms with E-state index in [1.807, 2.05) is 25.1 Å². The van der Waals surface area contributed by atoms with Crippen LogP contribution < -0.4 is 0 Å². The van der Waals surface area contributed by atoms with Crippen molar-refractivity contribution in [3.05, 3.63) is 34.3 Å². The zero-order valence-corrected chi connectivity index (χ0v) is 7.06. The lowest BCUT2D eigenvalue weighted by Crippen LogP contribution is -1.89. The van der Waals surface area contributed by atoms with Gasteiger partial charge in [-0.25, -0.2) is 0 Å². The van der Waals surface area contributed by atoms with Gasteiger partial charge >= 0.3 is 0 Å². The van der Waals surface area contributed by atoms with E-state index in [1.165, 1.54) is 0 Å². The van der Waals surface area contributed by atoms with Crippen molar-refractivity contribution in [1.82, 2.24) is 0 Å². The van der Waals surface area contributed by atoms with Gasteiger partial charge in [-0.1, -0.05) is 17.7 Å². The van der Waals surface area contributed by atoms with Gasteiger partial charge in [0.15, 0.2) is 0 Å². The Morgan fingerprint density at radius 2 is 2.27 bits per heavy atom. The summed E-state index contributed by atoms with van der Waals surface area (Å²) in [7, 11) is 0. The molecule has 58 valence electrons. The first-order valence-electron chi connectivity index (χ1n) is 3.42. The number of halogens is 1. The number of aryl methyl sites for hydroxylation is 1. The molecule has 0 amide bonds. The molecule has 0 aliphatic carbocycles. The van der Waals surface area contributed by atoms with Crippen LogP contribution in [0.1, 0.15) is 11.1 Å². The summed E-state index contributed by atoms with van der Waals surface area (Å²) in [5.74, 6) is 0. The average Bonchev–Trinajstić information content (AvgIpc) is 1.98. The van der Waals surface area contributed by atoms with Gasteiger partial charge in [-0.05, 0) is 30.2 Å². The molecule has 0 atom stereocenters. The van der Waals surface area contributed by atoms with Crippen molar-refractivity contribution >= 4 is 17.9 Å². The molecule has 1 nitrogen and oxygen atoms in total. The minimum Gasteiger partial charge on any atom is -0.303 e. The van der Waals surface area contributed by atoms with Crippen molar-refractivity contribution in [3.8, 4) is 0 Å². The van der Waals surface area contributed by atoms with Crippen molar-refractivity contribution < 1.29 is 4.79 Å². The number of carbonyl (C=O) groups is 1. The van der Waals surface area contributed by atoms with Crippen LogP contribution in [0.15, 0.2) is 18.2 Å². The van der Waals surface area contributed by atoms with Gasteiger partial charge in [0.05, 0.1) is 0 Å². The fraction of sp³-hybridized carbons (Fsp3) is 0.222. The highest BCUT2D eigenvalue weighted by Gasteiger charge is 1.97. The molecular weight excluding hydrogens is 160 g/mol. The van der Waals surface area contributed by atoms with Gasteiger partial charge in [0, 0.05) is 11.4 Å². The quantitative estimate of drug-likeness (QED) is 0.620. The van der Waals surface area contributed by atoms with E-state index < -0.39 is 0 Å². The molecule has 0 bridgehead atoms. The topological polar surface area (TPSA) is 17.1 Å². The Morgan fingerprint density at radius 3 is 2.91 bits per heavy atom. The first-order chi connectivity index (χ1) is 5.24. The Balaban J connectivity index is 3.01. The van der Waals surface area contributed by atoms with Gasteiger partial charge in [-0.2, -0.15) is 0 Å². The maximum atomic E-state index is 10.2. The van der Waals surface area contributed by atoms with E-state index in [2.05, 4.69) is 0 Å². The van der Waals surface area contributed by atoms with Gasteiger partial charge in [-0.15, -0.1) is 0 Å². The van der Waals surface area contributed by atoms with Gasteiger partial charge in [-0.3, -0.25) is 0 Å². The SMILES string of the molecule is Cc1ccc(Cl)cc1CC=O. The van der Waals surface area contributed by atoms with Crippen LogP contribution in [0, 0.1) is 6.92 Å². The molecule has 2 heteroatoms. The Labute approximate surface area is 71.0 Å². The van der Waals surface area contributed by atoms with Crippen LogP contribution >= 0.6 is 11.6 Å². The molecular formula is C9H9ClO. The minimum atomic E-state index is 0.451. The monoisotopic (exact) mass is 168 g/mol. The first-order valence-corrected chi connectivity index (χ1v) is 3.80. The number of aldehydes is 1. The Kier molecular flexibility index (Phi) is 2.66. The zero-order valence-electron chi connectivity index (χ0n) is 6.30. The van der Waals surface area contributed by atoms with Crippen molar-refractivity contribution in [2.24, 2.45) is 0 Å². The Morgan fingerprint density at radius 1 is 1.55 bits per heavy atom. The first kappa shape index (κ1) is 8.28. The lowest BCUT2D eigenvalue weighted by molar-refractivity contribution is -0.107. The largest absolute Gasteiger partial charge is 0.303 e. The third-order valence-electron chi connectivity index (χ3n) is 1.61. The van der Waals surface area contributed by atoms with Crippen LogP contribution in [0.5, 0.6) is 0 Å². The van der Waals surface area contributed by atoms with Crippen LogP contribution in [0.3, 0.4) is 0 Å². The van der Waals surface area contributed by atoms with Gasteiger partial charge in [0.25, 0.3) is 0 Å². The van der Waals surface area contributed by atoms with E-state index in [-0.39, 0.29) is 0 Å². The summed E-state index contributed by atoms with van der Waals surface area (Å²) < 4.78 is 0.